The first kappa shape index (κ1) is 22.0. The molecule has 0 bridgehead atoms. The van der Waals surface area contributed by atoms with Crippen molar-refractivity contribution in [3.05, 3.63) is 0 Å². The quantitative estimate of drug-likeness (QED) is 0.770. The molecule has 3 atom stereocenters. The van der Waals surface area contributed by atoms with Gasteiger partial charge in [-0.15, -0.1) is 24.8 Å². The lowest BCUT2D eigenvalue weighted by atomic mass is 9.67. The van der Waals surface area contributed by atoms with E-state index in [-0.39, 0.29) is 36.3 Å². The van der Waals surface area contributed by atoms with Crippen molar-refractivity contribution in [3.63, 3.8) is 0 Å². The summed E-state index contributed by atoms with van der Waals surface area (Å²) in [5, 5.41) is 6.74. The van der Waals surface area contributed by atoms with Crippen LogP contribution in [0.4, 0.5) is 0 Å². The summed E-state index contributed by atoms with van der Waals surface area (Å²) in [5.74, 6) is 0.851. The van der Waals surface area contributed by atoms with Crippen LogP contribution in [0.15, 0.2) is 0 Å². The average molecular weight is 354 g/mol. The highest BCUT2D eigenvalue weighted by molar-refractivity contribution is 5.85. The zero-order chi connectivity index (χ0) is 14.6. The third-order valence-corrected chi connectivity index (χ3v) is 5.29. The summed E-state index contributed by atoms with van der Waals surface area (Å²) in [6.07, 6.45) is 4.77. The van der Waals surface area contributed by atoms with Crippen molar-refractivity contribution in [3.8, 4) is 0 Å². The maximum Gasteiger partial charge on any atom is 0.228 e. The average Bonchev–Trinajstić information content (AvgIpc) is 2.89. The molecule has 0 aromatic carbocycles. The molecule has 4 nitrogen and oxygen atoms in total. The van der Waals surface area contributed by atoms with Crippen LogP contribution in [0, 0.1) is 11.3 Å². The molecule has 0 radical (unpaired) electrons. The normalized spacial score (nSPS) is 28.3. The van der Waals surface area contributed by atoms with E-state index in [0.717, 1.165) is 39.1 Å². The van der Waals surface area contributed by atoms with E-state index in [9.17, 15) is 4.79 Å². The van der Waals surface area contributed by atoms with Crippen molar-refractivity contribution in [2.45, 2.75) is 52.5 Å². The standard InChI is InChI=1S/C16H31N3O.2ClH/c1-4-19(5-2)11-13(3)18-15(20)16-9-7-6-8-14(16)10-17-12-16;;/h13-14,17H,4-12H2,1-3H3,(H,18,20);2*1H/t13?,14-,16+;;/m0../s1. The smallest absolute Gasteiger partial charge is 0.228 e. The highest BCUT2D eigenvalue weighted by atomic mass is 35.5. The van der Waals surface area contributed by atoms with E-state index < -0.39 is 0 Å². The van der Waals surface area contributed by atoms with Crippen LogP contribution < -0.4 is 10.6 Å². The van der Waals surface area contributed by atoms with Gasteiger partial charge in [-0.3, -0.25) is 4.79 Å². The summed E-state index contributed by atoms with van der Waals surface area (Å²) in [4.78, 5) is 15.2. The third kappa shape index (κ3) is 4.73. The predicted octanol–water partition coefficient (Wildman–Crippen LogP) is 2.46. The third-order valence-electron chi connectivity index (χ3n) is 5.29. The monoisotopic (exact) mass is 353 g/mol. The Bertz CT molecular complexity index is 339. The van der Waals surface area contributed by atoms with Gasteiger partial charge in [-0.2, -0.15) is 0 Å². The van der Waals surface area contributed by atoms with Crippen molar-refractivity contribution in [2.75, 3.05) is 32.7 Å². The van der Waals surface area contributed by atoms with Crippen LogP contribution in [-0.4, -0.2) is 49.6 Å². The first-order chi connectivity index (χ1) is 9.62. The molecule has 0 spiro atoms. The van der Waals surface area contributed by atoms with Crippen LogP contribution in [0.3, 0.4) is 0 Å². The van der Waals surface area contributed by atoms with Crippen LogP contribution in [0.5, 0.6) is 0 Å². The van der Waals surface area contributed by atoms with Gasteiger partial charge < -0.3 is 15.5 Å². The first-order valence-electron chi connectivity index (χ1n) is 8.36. The number of rotatable bonds is 6. The minimum Gasteiger partial charge on any atom is -0.352 e. The molecule has 22 heavy (non-hydrogen) atoms. The van der Waals surface area contributed by atoms with E-state index in [1.54, 1.807) is 0 Å². The Balaban J connectivity index is 0.00000220. The van der Waals surface area contributed by atoms with E-state index in [1.165, 1.54) is 19.3 Å². The second-order valence-corrected chi connectivity index (χ2v) is 6.59. The van der Waals surface area contributed by atoms with Crippen molar-refractivity contribution in [2.24, 2.45) is 11.3 Å². The maximum atomic E-state index is 12.8. The molecule has 2 aliphatic rings. The molecule has 2 rings (SSSR count). The molecule has 1 amide bonds. The summed E-state index contributed by atoms with van der Waals surface area (Å²) in [7, 11) is 0. The Morgan fingerprint density at radius 1 is 1.32 bits per heavy atom. The molecule has 0 aromatic heterocycles. The molecule has 1 saturated heterocycles. The highest BCUT2D eigenvalue weighted by Crippen LogP contribution is 2.43. The van der Waals surface area contributed by atoms with Gasteiger partial charge in [0.2, 0.25) is 5.91 Å². The number of carbonyl (C=O) groups is 1. The lowest BCUT2D eigenvalue weighted by molar-refractivity contribution is -0.134. The molecule has 2 fully saturated rings. The Morgan fingerprint density at radius 3 is 2.64 bits per heavy atom. The van der Waals surface area contributed by atoms with E-state index in [1.807, 2.05) is 0 Å². The Morgan fingerprint density at radius 2 is 2.00 bits per heavy atom. The van der Waals surface area contributed by atoms with Crippen molar-refractivity contribution < 1.29 is 4.79 Å². The Kier molecular flexibility index (Phi) is 9.95. The Hall–Kier alpha value is -0.0300. The summed E-state index contributed by atoms with van der Waals surface area (Å²) in [6.45, 7) is 11.4. The molecular formula is C16H33Cl2N3O. The van der Waals surface area contributed by atoms with Gasteiger partial charge >= 0.3 is 0 Å². The molecule has 1 aliphatic heterocycles. The molecule has 0 aromatic rings. The number of hydrogen-bond acceptors (Lipinski definition) is 3. The number of nitrogens with zero attached hydrogens (tertiary/aromatic N) is 1. The fourth-order valence-electron chi connectivity index (χ4n) is 3.97. The minimum atomic E-state index is -0.115. The van der Waals surface area contributed by atoms with Gasteiger partial charge in [-0.25, -0.2) is 0 Å². The molecular weight excluding hydrogens is 321 g/mol. The van der Waals surface area contributed by atoms with Gasteiger partial charge in [-0.1, -0.05) is 26.7 Å². The minimum absolute atomic E-state index is 0. The predicted molar refractivity (Wildman–Crippen MR) is 97.1 cm³/mol. The highest BCUT2D eigenvalue weighted by Gasteiger charge is 2.49. The number of hydrogen-bond donors (Lipinski definition) is 2. The summed E-state index contributed by atoms with van der Waals surface area (Å²) in [6, 6.07) is 0.236. The number of likely N-dealkylation sites (N-methyl/N-ethyl adjacent to an activating group) is 1. The number of fused-ring (bicyclic) bond motifs is 1. The van der Waals surface area contributed by atoms with Gasteiger partial charge in [0.25, 0.3) is 0 Å². The van der Waals surface area contributed by atoms with Crippen LogP contribution in [-0.2, 0) is 4.79 Å². The van der Waals surface area contributed by atoms with Gasteiger partial charge in [0.05, 0.1) is 5.41 Å². The molecule has 2 N–H and O–H groups in total. The van der Waals surface area contributed by atoms with Crippen molar-refractivity contribution in [1.29, 1.82) is 0 Å². The second-order valence-electron chi connectivity index (χ2n) is 6.59. The number of nitrogens with one attached hydrogen (secondary N) is 2. The van der Waals surface area contributed by atoms with E-state index >= 15 is 0 Å². The van der Waals surface area contributed by atoms with Crippen LogP contribution in [0.25, 0.3) is 0 Å². The van der Waals surface area contributed by atoms with E-state index in [4.69, 9.17) is 0 Å². The molecule has 132 valence electrons. The molecule has 1 saturated carbocycles. The van der Waals surface area contributed by atoms with Crippen LogP contribution in [0.2, 0.25) is 0 Å². The van der Waals surface area contributed by atoms with Crippen LogP contribution >= 0.6 is 24.8 Å². The van der Waals surface area contributed by atoms with Gasteiger partial charge in [0, 0.05) is 19.1 Å². The maximum absolute atomic E-state index is 12.8. The van der Waals surface area contributed by atoms with E-state index in [0.29, 0.717) is 11.8 Å². The second kappa shape index (κ2) is 9.96. The zero-order valence-electron chi connectivity index (χ0n) is 14.2. The SMILES string of the molecule is CCN(CC)CC(C)NC(=O)[C@@]12CCCC[C@H]1CNC2.Cl.Cl. The number of halogens is 2. The fraction of sp³-hybridized carbons (Fsp3) is 0.938. The van der Waals surface area contributed by atoms with Gasteiger partial charge in [-0.05, 0) is 45.3 Å². The molecule has 1 aliphatic carbocycles. The summed E-state index contributed by atoms with van der Waals surface area (Å²) < 4.78 is 0. The van der Waals surface area contributed by atoms with Gasteiger partial charge in [0.1, 0.15) is 0 Å². The van der Waals surface area contributed by atoms with Gasteiger partial charge in [0.15, 0.2) is 0 Å². The first-order valence-corrected chi connectivity index (χ1v) is 8.36. The molecule has 1 heterocycles. The Labute approximate surface area is 148 Å². The number of amides is 1. The summed E-state index contributed by atoms with van der Waals surface area (Å²) in [5.41, 5.74) is -0.115. The topological polar surface area (TPSA) is 44.4 Å². The van der Waals surface area contributed by atoms with Crippen molar-refractivity contribution in [1.82, 2.24) is 15.5 Å². The molecule has 1 unspecified atom stereocenters. The zero-order valence-corrected chi connectivity index (χ0v) is 15.8. The fourth-order valence-corrected chi connectivity index (χ4v) is 3.97. The largest absolute Gasteiger partial charge is 0.352 e. The van der Waals surface area contributed by atoms with E-state index in [2.05, 4.69) is 36.3 Å². The summed E-state index contributed by atoms with van der Waals surface area (Å²) >= 11 is 0. The lowest BCUT2D eigenvalue weighted by Crippen LogP contribution is -2.52. The van der Waals surface area contributed by atoms with Crippen molar-refractivity contribution >= 4 is 30.7 Å². The lowest BCUT2D eigenvalue weighted by Gasteiger charge is -2.38. The van der Waals surface area contributed by atoms with Crippen LogP contribution in [0.1, 0.15) is 46.5 Å². The molecule has 6 heteroatoms. The number of carbonyl (C=O) groups excluding carboxylic acids is 1.